The van der Waals surface area contributed by atoms with E-state index in [1.807, 2.05) is 0 Å². The zero-order valence-electron chi connectivity index (χ0n) is 26.6. The van der Waals surface area contributed by atoms with Gasteiger partial charge in [0.25, 0.3) is 0 Å². The Morgan fingerprint density at radius 1 is 0.453 bits per heavy atom. The maximum atomic E-state index is 14.3. The topological polar surface area (TPSA) is 110 Å². The summed E-state index contributed by atoms with van der Waals surface area (Å²) in [6.45, 7) is 0. The van der Waals surface area contributed by atoms with Crippen LogP contribution in [-0.4, -0.2) is 33.1 Å². The molecule has 0 aliphatic rings. The van der Waals surface area contributed by atoms with E-state index in [0.717, 1.165) is 29.0 Å². The summed E-state index contributed by atoms with van der Waals surface area (Å²) >= 11 is 23.5. The molecule has 6 nitrogen and oxygen atoms in total. The number of hydrogen-bond donors (Lipinski definition) is 5. The maximum absolute atomic E-state index is 14.3. The molecule has 0 aromatic heterocycles. The van der Waals surface area contributed by atoms with Gasteiger partial charge in [-0.2, -0.15) is 0 Å². The monoisotopic (exact) mass is 905 g/mol. The molecule has 0 amide bonds. The summed E-state index contributed by atoms with van der Waals surface area (Å²) in [7, 11) is 0.409. The van der Waals surface area contributed by atoms with Gasteiger partial charge < -0.3 is 30.1 Å². The second-order valence-corrected chi connectivity index (χ2v) is 14.1. The van der Waals surface area contributed by atoms with Crippen molar-refractivity contribution in [2.75, 3.05) is 0 Å². The molecule has 0 aliphatic carbocycles. The molecule has 7 aromatic rings. The van der Waals surface area contributed by atoms with Crippen molar-refractivity contribution < 1.29 is 43.3 Å². The second kappa shape index (κ2) is 17.2. The normalized spacial score (nSPS) is 10.7. The Kier molecular flexibility index (Phi) is 13.0. The minimum atomic E-state index is -0.609. The van der Waals surface area contributed by atoms with Crippen molar-refractivity contribution >= 4 is 95.9 Å². The molecule has 0 atom stereocenters. The van der Waals surface area contributed by atoms with Crippen LogP contribution >= 0.6 is 66.7 Å². The molecule has 0 aliphatic heterocycles. The number of benzene rings is 7. The molecule has 53 heavy (non-hydrogen) atoms. The van der Waals surface area contributed by atoms with Crippen LogP contribution in [0.1, 0.15) is 0 Å². The summed E-state index contributed by atoms with van der Waals surface area (Å²) in [5.74, 6) is -1.80. The van der Waals surface area contributed by atoms with E-state index in [0.29, 0.717) is 27.4 Å². The Balaban J connectivity index is 0.000000179. The van der Waals surface area contributed by atoms with Crippen LogP contribution in [0, 0.1) is 17.5 Å². The third kappa shape index (κ3) is 9.63. The first-order valence-electron chi connectivity index (χ1n) is 14.9. The predicted molar refractivity (Wildman–Crippen MR) is 211 cm³/mol. The van der Waals surface area contributed by atoms with Gasteiger partial charge in [-0.05, 0) is 157 Å². The van der Waals surface area contributed by atoms with Gasteiger partial charge in [-0.25, -0.2) is 13.2 Å². The number of phenolic OH excluding ortho intramolecular Hbond substituents is 4. The highest BCUT2D eigenvalue weighted by Gasteiger charge is 2.16. The molecule has 7 rings (SSSR count). The van der Waals surface area contributed by atoms with E-state index in [-0.39, 0.29) is 66.1 Å². The Hall–Kier alpha value is -4.30. The number of halogens is 8. The molecular formula is C38H22BBr2Cl3F3O6. The summed E-state index contributed by atoms with van der Waals surface area (Å²) < 4.78 is 47.0. The van der Waals surface area contributed by atoms with E-state index in [4.69, 9.17) is 39.8 Å². The number of hydrogen-bond acceptors (Lipinski definition) is 6. The van der Waals surface area contributed by atoms with E-state index in [1.165, 1.54) is 48.5 Å². The van der Waals surface area contributed by atoms with Crippen LogP contribution in [0.4, 0.5) is 13.2 Å². The molecule has 0 saturated heterocycles. The number of fused-ring (bicyclic) bond motifs is 2. The van der Waals surface area contributed by atoms with Crippen LogP contribution in [-0.2, 0) is 0 Å². The summed E-state index contributed by atoms with van der Waals surface area (Å²) in [6.07, 6.45) is 0. The first-order valence-corrected chi connectivity index (χ1v) is 17.7. The number of phenols is 4. The van der Waals surface area contributed by atoms with Crippen molar-refractivity contribution in [3.05, 3.63) is 145 Å². The van der Waals surface area contributed by atoms with E-state index < -0.39 is 17.5 Å². The van der Waals surface area contributed by atoms with Crippen LogP contribution in [0.3, 0.4) is 0 Å². The van der Waals surface area contributed by atoms with Gasteiger partial charge in [0, 0.05) is 37.3 Å². The van der Waals surface area contributed by atoms with Gasteiger partial charge in [0.15, 0.2) is 5.82 Å². The third-order valence-corrected chi connectivity index (χ3v) is 9.53. The van der Waals surface area contributed by atoms with Gasteiger partial charge in [-0.3, -0.25) is 0 Å². The number of aromatic hydroxyl groups is 4. The molecule has 0 fully saturated rings. The van der Waals surface area contributed by atoms with Crippen molar-refractivity contribution in [1.82, 2.24) is 0 Å². The van der Waals surface area contributed by atoms with E-state index in [2.05, 4.69) is 36.5 Å². The molecule has 0 unspecified atom stereocenters. The molecule has 269 valence electrons. The second-order valence-electron chi connectivity index (χ2n) is 11.1. The lowest BCUT2D eigenvalue weighted by Crippen LogP contribution is -2.01. The van der Waals surface area contributed by atoms with Crippen molar-refractivity contribution in [2.45, 2.75) is 0 Å². The summed E-state index contributed by atoms with van der Waals surface area (Å²) in [6, 6.07) is 25.0. The predicted octanol–water partition coefficient (Wildman–Crippen LogP) is 12.3. The zero-order chi connectivity index (χ0) is 38.6. The molecule has 0 spiro atoms. The Labute approximate surface area is 332 Å². The molecule has 15 heteroatoms. The summed E-state index contributed by atoms with van der Waals surface area (Å²) in [4.78, 5) is 0. The van der Waals surface area contributed by atoms with Crippen LogP contribution in [0.2, 0.25) is 15.1 Å². The highest BCUT2D eigenvalue weighted by molar-refractivity contribution is 9.11. The molecular weight excluding hydrogens is 886 g/mol. The van der Waals surface area contributed by atoms with Crippen LogP contribution in [0.5, 0.6) is 28.7 Å². The minimum Gasteiger partial charge on any atom is -0.535 e. The lowest BCUT2D eigenvalue weighted by atomic mass is 9.95. The lowest BCUT2D eigenvalue weighted by molar-refractivity contribution is 0.431. The average Bonchev–Trinajstić information content (AvgIpc) is 3.08. The average molecular weight is 909 g/mol. The fourth-order valence-electron chi connectivity index (χ4n) is 5.07. The fourth-order valence-corrected chi connectivity index (χ4v) is 6.27. The molecule has 7 aromatic carbocycles. The van der Waals surface area contributed by atoms with E-state index in [9.17, 15) is 33.6 Å². The van der Waals surface area contributed by atoms with Gasteiger partial charge in [0.1, 0.15) is 40.4 Å². The van der Waals surface area contributed by atoms with Gasteiger partial charge >= 0.3 is 7.69 Å². The standard InChI is InChI=1S/C22H12Cl2F2O2.C10H6Br2O2.C6H4BClFO2/c23-13-1-3-15(19(25)9-13)17-5-11-6-18(16-4-2-14(24)10-20(16)26)22(28)8-12(11)7-21(17)27;11-7-1-5-2-8(12)10(14)4-6(5)3-9(7)13;8-4-1-2-6(11-7-10)5(9)3-4/h1-10,27-28H;1-4,13-14H;1-3,10H. The Bertz CT molecular complexity index is 2310. The van der Waals surface area contributed by atoms with Gasteiger partial charge in [0.05, 0.1) is 8.95 Å². The first-order chi connectivity index (χ1) is 25.1. The molecule has 0 heterocycles. The van der Waals surface area contributed by atoms with E-state index >= 15 is 0 Å². The minimum absolute atomic E-state index is 0.0584. The van der Waals surface area contributed by atoms with Gasteiger partial charge in [-0.1, -0.05) is 34.8 Å². The maximum Gasteiger partial charge on any atom is 0.569 e. The highest BCUT2D eigenvalue weighted by atomic mass is 79.9. The van der Waals surface area contributed by atoms with Crippen molar-refractivity contribution in [3.63, 3.8) is 0 Å². The Morgan fingerprint density at radius 2 is 0.811 bits per heavy atom. The van der Waals surface area contributed by atoms with Crippen LogP contribution < -0.4 is 4.65 Å². The van der Waals surface area contributed by atoms with Crippen molar-refractivity contribution in [3.8, 4) is 51.0 Å². The largest absolute Gasteiger partial charge is 0.569 e. The van der Waals surface area contributed by atoms with Crippen molar-refractivity contribution in [2.24, 2.45) is 0 Å². The molecule has 5 N–H and O–H groups in total. The van der Waals surface area contributed by atoms with Gasteiger partial charge in [-0.15, -0.1) is 0 Å². The molecule has 1 radical (unpaired) electrons. The molecule has 0 bridgehead atoms. The Morgan fingerprint density at radius 3 is 1.21 bits per heavy atom. The summed E-state index contributed by atoms with van der Waals surface area (Å²) in [5, 5.41) is 51.4. The highest BCUT2D eigenvalue weighted by Crippen LogP contribution is 2.41. The third-order valence-electron chi connectivity index (χ3n) is 7.56. The lowest BCUT2D eigenvalue weighted by Gasteiger charge is -2.12. The zero-order valence-corrected chi connectivity index (χ0v) is 32.0. The molecule has 0 saturated carbocycles. The summed E-state index contributed by atoms with van der Waals surface area (Å²) in [5.41, 5.74) is 0.872. The quantitative estimate of drug-likeness (QED) is 0.113. The van der Waals surface area contributed by atoms with Gasteiger partial charge in [0.2, 0.25) is 0 Å². The first kappa shape index (κ1) is 39.9. The van der Waals surface area contributed by atoms with Crippen LogP contribution in [0.15, 0.2) is 112 Å². The van der Waals surface area contributed by atoms with E-state index in [1.54, 1.807) is 36.4 Å². The fraction of sp³-hybridized carbons (Fsp3) is 0. The smallest absolute Gasteiger partial charge is 0.535 e. The van der Waals surface area contributed by atoms with Crippen LogP contribution in [0.25, 0.3) is 43.8 Å². The SMILES string of the molecule is O[B]Oc1ccc(Cl)cc1F.Oc1cc2cc(O)c(-c3ccc(Cl)cc3F)cc2cc1-c1ccc(Cl)cc1F.Oc1cc2cc(O)c(Br)cc2cc1Br. The number of rotatable bonds is 4. The van der Waals surface area contributed by atoms with Crippen molar-refractivity contribution in [1.29, 1.82) is 0 Å².